The second-order valence-electron chi connectivity index (χ2n) is 11.7. The number of aromatic hydroxyl groups is 1. The average molecular weight is 615 g/mol. The van der Waals surface area contributed by atoms with Crippen molar-refractivity contribution < 1.29 is 49.0 Å². The van der Waals surface area contributed by atoms with Crippen LogP contribution >= 0.6 is 0 Å². The van der Waals surface area contributed by atoms with Crippen molar-refractivity contribution in [1.82, 2.24) is 0 Å². The van der Waals surface area contributed by atoms with Gasteiger partial charge in [-0.2, -0.15) is 0 Å². The van der Waals surface area contributed by atoms with Crippen LogP contribution in [-0.4, -0.2) is 68.7 Å². The Hall–Kier alpha value is -4.35. The van der Waals surface area contributed by atoms with Gasteiger partial charge < -0.3 is 34.6 Å². The largest absolute Gasteiger partial charge is 0.507 e. The van der Waals surface area contributed by atoms with Crippen molar-refractivity contribution in [2.75, 3.05) is 0 Å². The molecule has 2 aliphatic carbocycles. The van der Waals surface area contributed by atoms with Crippen LogP contribution in [0.15, 0.2) is 48.5 Å². The number of hydrogen-bond donors (Lipinski definition) is 4. The van der Waals surface area contributed by atoms with Crippen molar-refractivity contribution in [2.24, 2.45) is 0 Å². The van der Waals surface area contributed by atoms with Gasteiger partial charge in [-0.3, -0.25) is 14.4 Å². The minimum atomic E-state index is -1.63. The van der Waals surface area contributed by atoms with Gasteiger partial charge in [0, 0.05) is 34.7 Å². The lowest BCUT2D eigenvalue weighted by molar-refractivity contribution is -0.268. The van der Waals surface area contributed by atoms with Crippen molar-refractivity contribution in [3.63, 3.8) is 0 Å². The van der Waals surface area contributed by atoms with E-state index in [-0.39, 0.29) is 51.0 Å². The Morgan fingerprint density at radius 2 is 1.56 bits per heavy atom. The normalized spacial score (nSPS) is 24.9. The first-order valence-electron chi connectivity index (χ1n) is 15.0. The van der Waals surface area contributed by atoms with E-state index in [1.807, 2.05) is 30.3 Å². The van der Waals surface area contributed by atoms with Gasteiger partial charge in [-0.1, -0.05) is 49.2 Å². The Bertz CT molecular complexity index is 1690. The van der Waals surface area contributed by atoms with Crippen LogP contribution in [0.25, 0.3) is 12.2 Å². The third-order valence-electron chi connectivity index (χ3n) is 8.76. The lowest BCUT2D eigenvalue weighted by Crippen LogP contribution is -2.58. The summed E-state index contributed by atoms with van der Waals surface area (Å²) in [5.74, 6) is -2.26. The fourth-order valence-electron chi connectivity index (χ4n) is 6.47. The lowest BCUT2D eigenvalue weighted by atomic mass is 9.78. The molecule has 6 rings (SSSR count). The molecule has 234 valence electrons. The van der Waals surface area contributed by atoms with Crippen LogP contribution in [0.3, 0.4) is 0 Å². The van der Waals surface area contributed by atoms with Crippen molar-refractivity contribution >= 4 is 29.7 Å². The number of carbonyl (C=O) groups is 3. The summed E-state index contributed by atoms with van der Waals surface area (Å²) in [6.07, 6.45) is -0.356. The Kier molecular flexibility index (Phi) is 8.32. The van der Waals surface area contributed by atoms with E-state index in [1.165, 1.54) is 32.0 Å². The van der Waals surface area contributed by atoms with Gasteiger partial charge >= 0.3 is 5.97 Å². The van der Waals surface area contributed by atoms with Gasteiger partial charge in [0.15, 0.2) is 11.6 Å². The van der Waals surface area contributed by atoms with Crippen molar-refractivity contribution in [3.8, 4) is 17.2 Å². The molecule has 2 fully saturated rings. The molecule has 10 nitrogen and oxygen atoms in total. The summed E-state index contributed by atoms with van der Waals surface area (Å²) < 4.78 is 17.2. The maximum Gasteiger partial charge on any atom is 0.308 e. The molecule has 3 aliphatic rings. The van der Waals surface area contributed by atoms with E-state index in [1.54, 1.807) is 12.2 Å². The van der Waals surface area contributed by atoms with Crippen molar-refractivity contribution in [1.29, 1.82) is 0 Å². The summed E-state index contributed by atoms with van der Waals surface area (Å²) in [6, 6.07) is 13.5. The molecule has 0 radical (unpaired) electrons. The minimum Gasteiger partial charge on any atom is -0.507 e. The van der Waals surface area contributed by atoms with Gasteiger partial charge in [-0.05, 0) is 55.5 Å². The zero-order chi connectivity index (χ0) is 32.0. The first-order valence-corrected chi connectivity index (χ1v) is 15.0. The monoisotopic (exact) mass is 614 g/mol. The number of ether oxygens (including phenoxy) is 3. The second-order valence-corrected chi connectivity index (χ2v) is 11.7. The molecule has 1 aliphatic heterocycles. The molecule has 45 heavy (non-hydrogen) atoms. The minimum absolute atomic E-state index is 0.00137. The summed E-state index contributed by atoms with van der Waals surface area (Å²) >= 11 is 0. The summed E-state index contributed by atoms with van der Waals surface area (Å²) in [6.45, 7) is 2.75. The van der Waals surface area contributed by atoms with E-state index in [0.717, 1.165) is 18.4 Å². The maximum absolute atomic E-state index is 14.3. The molecule has 5 unspecified atom stereocenters. The van der Waals surface area contributed by atoms with Crippen LogP contribution in [0.2, 0.25) is 0 Å². The van der Waals surface area contributed by atoms with E-state index >= 15 is 0 Å². The first-order chi connectivity index (χ1) is 21.6. The average Bonchev–Trinajstić information content (AvgIpc) is 3.55. The maximum atomic E-state index is 14.3. The first kappa shape index (κ1) is 30.7. The molecule has 0 aromatic heterocycles. The van der Waals surface area contributed by atoms with Crippen LogP contribution in [0.1, 0.15) is 94.0 Å². The highest BCUT2D eigenvalue weighted by atomic mass is 16.7. The number of carbonyl (C=O) groups excluding carboxylic acids is 3. The van der Waals surface area contributed by atoms with Crippen LogP contribution in [0, 0.1) is 0 Å². The van der Waals surface area contributed by atoms with Gasteiger partial charge in [0.2, 0.25) is 6.29 Å². The highest BCUT2D eigenvalue weighted by Gasteiger charge is 2.45. The second kappa shape index (κ2) is 12.2. The molecule has 3 aromatic carbocycles. The van der Waals surface area contributed by atoms with Crippen molar-refractivity contribution in [2.45, 2.75) is 76.2 Å². The summed E-state index contributed by atoms with van der Waals surface area (Å²) in [5.41, 5.74) is 1.10. The molecular weight excluding hydrogens is 580 g/mol. The molecule has 1 saturated heterocycles. The molecule has 1 saturated carbocycles. The third kappa shape index (κ3) is 5.55. The van der Waals surface area contributed by atoms with Crippen molar-refractivity contribution in [3.05, 3.63) is 87.5 Å². The summed E-state index contributed by atoms with van der Waals surface area (Å²) in [7, 11) is 0. The number of hydrogen-bond acceptors (Lipinski definition) is 10. The highest BCUT2D eigenvalue weighted by molar-refractivity contribution is 6.31. The van der Waals surface area contributed by atoms with Gasteiger partial charge in [-0.15, -0.1) is 0 Å². The van der Waals surface area contributed by atoms with Gasteiger partial charge in [-0.25, -0.2) is 0 Å². The van der Waals surface area contributed by atoms with E-state index in [2.05, 4.69) is 0 Å². The fraction of sp³-hybridized carbons (Fsp3) is 0.343. The van der Waals surface area contributed by atoms with Crippen LogP contribution in [0.4, 0.5) is 0 Å². The van der Waals surface area contributed by atoms with E-state index in [4.69, 9.17) is 14.2 Å². The van der Waals surface area contributed by atoms with Gasteiger partial charge in [0.25, 0.3) is 0 Å². The number of ketones is 2. The van der Waals surface area contributed by atoms with Gasteiger partial charge in [0.1, 0.15) is 35.6 Å². The molecule has 4 N–H and O–H groups in total. The molecular formula is C35H34O10. The lowest BCUT2D eigenvalue weighted by Gasteiger charge is -2.39. The number of rotatable bonds is 6. The Morgan fingerprint density at radius 3 is 2.24 bits per heavy atom. The number of fused-ring (bicyclic) bond motifs is 2. The quantitative estimate of drug-likeness (QED) is 0.141. The van der Waals surface area contributed by atoms with E-state index in [9.17, 15) is 34.8 Å². The Morgan fingerprint density at radius 1 is 0.867 bits per heavy atom. The van der Waals surface area contributed by atoms with E-state index < -0.39 is 48.2 Å². The molecule has 0 spiro atoms. The van der Waals surface area contributed by atoms with E-state index in [0.29, 0.717) is 18.4 Å². The molecule has 0 amide bonds. The standard InChI is InChI=1S/C35H34O10/c1-17-29(37)33(41)34(42)35(43-17)45-25-16-23-28(32(40)26(25)20-10-6-7-11-20)30(38)22-14-15-24(44-18(2)36)21(27(22)31(23)39)13-12-19-8-4-3-5-9-19/h3-5,8-9,12-17,20,29,33-35,37,40-42H,6-7,10-11H2,1-2H3. The predicted molar refractivity (Wildman–Crippen MR) is 162 cm³/mol. The SMILES string of the molecule is CC(=O)Oc1ccc2c(c1C=Cc1ccccc1)C(=O)c1cc(OC3OC(C)C(O)C(O)C3O)c(C3CCCC3)c(O)c1C2=O. The zero-order valence-corrected chi connectivity index (χ0v) is 24.8. The number of benzene rings is 3. The molecule has 1 heterocycles. The number of phenols is 1. The molecule has 3 aromatic rings. The molecule has 10 heteroatoms. The molecule has 0 bridgehead atoms. The number of aliphatic hydroxyl groups excluding tert-OH is 3. The fourth-order valence-corrected chi connectivity index (χ4v) is 6.47. The van der Waals surface area contributed by atoms with Gasteiger partial charge in [0.05, 0.1) is 11.7 Å². The van der Waals surface area contributed by atoms with Crippen LogP contribution < -0.4 is 9.47 Å². The Labute approximate surface area is 259 Å². The number of esters is 1. The highest BCUT2D eigenvalue weighted by Crippen LogP contribution is 2.49. The number of phenolic OH excluding ortho intramolecular Hbond substituents is 1. The smallest absolute Gasteiger partial charge is 0.308 e. The number of aliphatic hydroxyl groups is 3. The topological polar surface area (TPSA) is 160 Å². The van der Waals surface area contributed by atoms with Crippen LogP contribution in [-0.2, 0) is 9.53 Å². The third-order valence-corrected chi connectivity index (χ3v) is 8.76. The van der Waals surface area contributed by atoms with Crippen LogP contribution in [0.5, 0.6) is 17.2 Å². The molecule has 5 atom stereocenters. The summed E-state index contributed by atoms with van der Waals surface area (Å²) in [5, 5.41) is 42.9. The summed E-state index contributed by atoms with van der Waals surface area (Å²) in [4.78, 5) is 40.4. The Balaban J connectivity index is 1.50. The zero-order valence-electron chi connectivity index (χ0n) is 24.8. The predicted octanol–water partition coefficient (Wildman–Crippen LogP) is 4.13.